The zero-order chi connectivity index (χ0) is 24.1. The highest BCUT2D eigenvalue weighted by Gasteiger charge is 2.21. The Morgan fingerprint density at radius 2 is 1.97 bits per heavy atom. The van der Waals surface area contributed by atoms with Crippen molar-refractivity contribution in [3.63, 3.8) is 0 Å². The molecule has 0 aliphatic carbocycles. The summed E-state index contributed by atoms with van der Waals surface area (Å²) in [4.78, 5) is 15.7. The summed E-state index contributed by atoms with van der Waals surface area (Å²) >= 11 is 0. The summed E-state index contributed by atoms with van der Waals surface area (Å²) in [6.45, 7) is 5.30. The topological polar surface area (TPSA) is 91.7 Å². The summed E-state index contributed by atoms with van der Waals surface area (Å²) in [5.74, 6) is 0.383. The fourth-order valence-corrected chi connectivity index (χ4v) is 4.43. The Kier molecular flexibility index (Phi) is 7.60. The predicted octanol–water partition coefficient (Wildman–Crippen LogP) is 4.66. The van der Waals surface area contributed by atoms with Crippen molar-refractivity contribution in [3.05, 3.63) is 83.2 Å². The monoisotopic (exact) mass is 460 g/mol. The van der Waals surface area contributed by atoms with Gasteiger partial charge in [-0.2, -0.15) is 0 Å². The van der Waals surface area contributed by atoms with Crippen LogP contribution in [0.2, 0.25) is 0 Å². The molecule has 34 heavy (non-hydrogen) atoms. The molecule has 6 nitrogen and oxygen atoms in total. The largest absolute Gasteiger partial charge is 0.489 e. The highest BCUT2D eigenvalue weighted by atomic mass is 16.5. The lowest BCUT2D eigenvalue weighted by molar-refractivity contribution is 0.0695. The van der Waals surface area contributed by atoms with Crippen LogP contribution in [-0.4, -0.2) is 40.4 Å². The number of carboxylic acids is 1. The van der Waals surface area contributed by atoms with Gasteiger partial charge in [0, 0.05) is 31.0 Å². The van der Waals surface area contributed by atoms with Crippen LogP contribution in [0.3, 0.4) is 0 Å². The van der Waals surface area contributed by atoms with Crippen LogP contribution in [0.5, 0.6) is 5.75 Å². The van der Waals surface area contributed by atoms with E-state index in [1.165, 1.54) is 0 Å². The van der Waals surface area contributed by atoms with Gasteiger partial charge in [0.15, 0.2) is 0 Å². The van der Waals surface area contributed by atoms with Crippen LogP contribution in [0.15, 0.2) is 60.9 Å². The van der Waals surface area contributed by atoms with Gasteiger partial charge >= 0.3 is 5.97 Å². The van der Waals surface area contributed by atoms with Crippen molar-refractivity contribution >= 4 is 5.97 Å². The Labute approximate surface area is 200 Å². The number of nitrogens with zero attached hydrogens (tertiary/aromatic N) is 1. The van der Waals surface area contributed by atoms with Gasteiger partial charge in [-0.05, 0) is 71.7 Å². The maximum absolute atomic E-state index is 11.6. The van der Waals surface area contributed by atoms with E-state index in [-0.39, 0.29) is 6.10 Å². The maximum atomic E-state index is 11.6. The van der Waals surface area contributed by atoms with Crippen molar-refractivity contribution in [2.75, 3.05) is 13.1 Å². The Hall–Kier alpha value is -3.22. The minimum absolute atomic E-state index is 0.0481. The number of aliphatic hydroxyl groups is 1. The normalized spacial score (nSPS) is 16.1. The Morgan fingerprint density at radius 1 is 1.18 bits per heavy atom. The van der Waals surface area contributed by atoms with Gasteiger partial charge in [-0.3, -0.25) is 4.98 Å². The number of benzene rings is 2. The number of hydrogen-bond donors (Lipinski definition) is 3. The molecule has 178 valence electrons. The molecule has 3 N–H and O–H groups in total. The van der Waals surface area contributed by atoms with Gasteiger partial charge in [0.2, 0.25) is 0 Å². The van der Waals surface area contributed by atoms with Crippen LogP contribution in [0.1, 0.15) is 53.4 Å². The van der Waals surface area contributed by atoms with E-state index >= 15 is 0 Å². The van der Waals surface area contributed by atoms with Gasteiger partial charge in [-0.25, -0.2) is 4.79 Å². The number of ether oxygens (including phenoxy) is 1. The lowest BCUT2D eigenvalue weighted by atomic mass is 9.92. The number of aryl methyl sites for hydroxylation is 1. The lowest BCUT2D eigenvalue weighted by Gasteiger charge is -2.27. The zero-order valence-electron chi connectivity index (χ0n) is 19.7. The van der Waals surface area contributed by atoms with Crippen molar-refractivity contribution in [2.24, 2.45) is 5.92 Å². The second-order valence-electron chi connectivity index (χ2n) is 9.34. The molecular weight excluding hydrogens is 428 g/mol. The maximum Gasteiger partial charge on any atom is 0.335 e. The molecule has 2 heterocycles. The number of pyridine rings is 1. The first-order valence-electron chi connectivity index (χ1n) is 11.9. The molecule has 1 aliphatic heterocycles. The zero-order valence-corrected chi connectivity index (χ0v) is 19.7. The van der Waals surface area contributed by atoms with Crippen molar-refractivity contribution in [2.45, 2.75) is 45.3 Å². The van der Waals surface area contributed by atoms with Crippen LogP contribution in [-0.2, 0) is 12.8 Å². The summed E-state index contributed by atoms with van der Waals surface area (Å²) in [5, 5.41) is 23.1. The molecule has 2 aromatic carbocycles. The number of carbonyl (C=O) groups is 1. The third-order valence-electron chi connectivity index (χ3n) is 6.17. The second kappa shape index (κ2) is 10.8. The minimum Gasteiger partial charge on any atom is -0.489 e. The number of rotatable bonds is 9. The van der Waals surface area contributed by atoms with Gasteiger partial charge in [-0.1, -0.05) is 38.1 Å². The van der Waals surface area contributed by atoms with E-state index in [4.69, 9.17) is 4.74 Å². The quantitative estimate of drug-likeness (QED) is 0.430. The number of hydrogen-bond acceptors (Lipinski definition) is 5. The van der Waals surface area contributed by atoms with E-state index in [0.29, 0.717) is 24.6 Å². The molecular formula is C28H32N2O4. The lowest BCUT2D eigenvalue weighted by Crippen LogP contribution is -2.36. The molecule has 0 saturated heterocycles. The summed E-state index contributed by atoms with van der Waals surface area (Å²) in [7, 11) is 0. The number of aromatic carboxylic acids is 1. The van der Waals surface area contributed by atoms with Crippen LogP contribution in [0.4, 0.5) is 0 Å². The first-order chi connectivity index (χ1) is 16.4. The number of aromatic nitrogens is 1. The van der Waals surface area contributed by atoms with E-state index in [0.717, 1.165) is 52.8 Å². The number of aliphatic hydroxyl groups excluding tert-OH is 1. The molecule has 0 unspecified atom stereocenters. The molecule has 6 heteroatoms. The molecule has 0 saturated carbocycles. The third-order valence-corrected chi connectivity index (χ3v) is 6.17. The Balaban J connectivity index is 1.40. The summed E-state index contributed by atoms with van der Waals surface area (Å²) in [6.07, 6.45) is 5.35. The molecule has 0 radical (unpaired) electrons. The Bertz CT molecular complexity index is 1130. The van der Waals surface area contributed by atoms with E-state index in [9.17, 15) is 15.0 Å². The summed E-state index contributed by atoms with van der Waals surface area (Å²) in [6, 6.07) is 15.5. The van der Waals surface area contributed by atoms with Gasteiger partial charge in [0.1, 0.15) is 11.9 Å². The van der Waals surface area contributed by atoms with Crippen molar-refractivity contribution in [3.8, 4) is 16.9 Å². The molecule has 0 fully saturated rings. The van der Waals surface area contributed by atoms with Crippen molar-refractivity contribution in [1.29, 1.82) is 0 Å². The second-order valence-corrected chi connectivity index (χ2v) is 9.34. The summed E-state index contributed by atoms with van der Waals surface area (Å²) < 4.78 is 6.20. The fraction of sp³-hybridized carbons (Fsp3) is 0.357. The third kappa shape index (κ3) is 5.82. The number of nitrogens with one attached hydrogen (secondary N) is 1. The number of carboxylic acid groups (broad SMARTS) is 1. The van der Waals surface area contributed by atoms with Crippen LogP contribution in [0.25, 0.3) is 11.1 Å². The van der Waals surface area contributed by atoms with Crippen LogP contribution in [0, 0.1) is 5.92 Å². The summed E-state index contributed by atoms with van der Waals surface area (Å²) in [5.41, 5.74) is 5.30. The predicted molar refractivity (Wildman–Crippen MR) is 132 cm³/mol. The average molecular weight is 461 g/mol. The van der Waals surface area contributed by atoms with Crippen molar-refractivity contribution in [1.82, 2.24) is 10.3 Å². The highest BCUT2D eigenvalue weighted by molar-refractivity contribution is 5.90. The fourth-order valence-electron chi connectivity index (χ4n) is 4.43. The molecule has 2 atom stereocenters. The molecule has 1 aliphatic rings. The Morgan fingerprint density at radius 3 is 2.71 bits per heavy atom. The molecule has 1 aromatic heterocycles. The van der Waals surface area contributed by atoms with E-state index in [1.807, 2.05) is 36.4 Å². The van der Waals surface area contributed by atoms with Crippen molar-refractivity contribution < 1.29 is 19.7 Å². The van der Waals surface area contributed by atoms with E-state index < -0.39 is 12.1 Å². The van der Waals surface area contributed by atoms with Crippen LogP contribution < -0.4 is 10.1 Å². The highest BCUT2D eigenvalue weighted by Crippen LogP contribution is 2.33. The van der Waals surface area contributed by atoms with Gasteiger partial charge in [0.05, 0.1) is 11.7 Å². The van der Waals surface area contributed by atoms with Crippen LogP contribution >= 0.6 is 0 Å². The molecule has 0 bridgehead atoms. The first kappa shape index (κ1) is 23.9. The smallest absolute Gasteiger partial charge is 0.335 e. The number of fused-ring (bicyclic) bond motifs is 1. The molecule has 0 spiro atoms. The first-order valence-corrected chi connectivity index (χ1v) is 11.9. The molecule has 3 aromatic rings. The standard InChI is InChI=1S/C28H32N2O4/c1-18(2)12-23-14-19(6-9-25(23)28(32)33)20-7-10-27-21(13-20)5-8-24(34-27)16-30-17-26(31)22-4-3-11-29-15-22/h3-4,6-7,9-11,13-15,18,24,26,30-31H,5,8,12,16-17H2,1-2H3,(H,32,33)/t24-,26+/m1/s1. The van der Waals surface area contributed by atoms with Gasteiger partial charge in [-0.15, -0.1) is 0 Å². The average Bonchev–Trinajstić information content (AvgIpc) is 2.83. The molecule has 4 rings (SSSR count). The van der Waals surface area contributed by atoms with E-state index in [2.05, 4.69) is 30.2 Å². The minimum atomic E-state index is -0.881. The van der Waals surface area contributed by atoms with E-state index in [1.54, 1.807) is 18.5 Å². The molecule has 0 amide bonds. The SMILES string of the molecule is CC(C)Cc1cc(-c2ccc3c(c2)CC[C@H](CNC[C@H](O)c2cccnc2)O3)ccc1C(=O)O. The van der Waals surface area contributed by atoms with Gasteiger partial charge in [0.25, 0.3) is 0 Å². The van der Waals surface area contributed by atoms with Gasteiger partial charge < -0.3 is 20.3 Å².